The van der Waals surface area contributed by atoms with Crippen LogP contribution in [0.5, 0.6) is 0 Å². The van der Waals surface area contributed by atoms with E-state index in [1.165, 1.54) is 50.8 Å². The smallest absolute Gasteiger partial charge is 0.193 e. The summed E-state index contributed by atoms with van der Waals surface area (Å²) < 4.78 is 0. The zero-order valence-electron chi connectivity index (χ0n) is 19.1. The van der Waals surface area contributed by atoms with Gasteiger partial charge in [-0.05, 0) is 89.3 Å². The Bertz CT molecular complexity index is 724. The first kappa shape index (κ1) is 25.1. The first-order valence-corrected chi connectivity index (χ1v) is 12.3. The van der Waals surface area contributed by atoms with Gasteiger partial charge in [-0.3, -0.25) is 14.8 Å². The highest BCUT2D eigenvalue weighted by molar-refractivity contribution is 14.0. The Balaban J connectivity index is 0.00000272. The SMILES string of the molecule is CCNC(=NCC1CCCN(C)C1c1cccc(Cl)c1)N1CCC(N2CCCC2)C1.I. The molecule has 4 rings (SSSR count). The maximum Gasteiger partial charge on any atom is 0.193 e. The minimum absolute atomic E-state index is 0. The van der Waals surface area contributed by atoms with Gasteiger partial charge in [0.05, 0.1) is 0 Å². The number of guanidine groups is 1. The molecule has 174 valence electrons. The van der Waals surface area contributed by atoms with Gasteiger partial charge >= 0.3 is 0 Å². The van der Waals surface area contributed by atoms with Crippen molar-refractivity contribution in [3.05, 3.63) is 34.9 Å². The molecule has 3 aliphatic heterocycles. The second kappa shape index (κ2) is 12.1. The van der Waals surface area contributed by atoms with Crippen molar-refractivity contribution in [3.8, 4) is 0 Å². The number of nitrogens with one attached hydrogen (secondary N) is 1. The van der Waals surface area contributed by atoms with Crippen LogP contribution in [0.15, 0.2) is 29.3 Å². The minimum atomic E-state index is 0. The molecule has 3 heterocycles. The van der Waals surface area contributed by atoms with Gasteiger partial charge in [-0.1, -0.05) is 23.7 Å². The molecule has 0 bridgehead atoms. The average Bonchev–Trinajstić information content (AvgIpc) is 3.43. The zero-order valence-corrected chi connectivity index (χ0v) is 22.2. The maximum atomic E-state index is 6.32. The van der Waals surface area contributed by atoms with Crippen LogP contribution in [-0.4, -0.2) is 79.6 Å². The Hall–Kier alpha value is -0.570. The Morgan fingerprint density at radius 3 is 2.68 bits per heavy atom. The van der Waals surface area contributed by atoms with Crippen LogP contribution in [0.2, 0.25) is 5.02 Å². The van der Waals surface area contributed by atoms with E-state index in [1.807, 2.05) is 6.07 Å². The third kappa shape index (κ3) is 6.27. The lowest BCUT2D eigenvalue weighted by Crippen LogP contribution is -2.43. The number of benzene rings is 1. The minimum Gasteiger partial charge on any atom is -0.357 e. The molecular weight excluding hydrogens is 521 g/mol. The first-order valence-electron chi connectivity index (χ1n) is 11.9. The number of piperidine rings is 1. The molecule has 1 aromatic carbocycles. The molecule has 3 atom stereocenters. The highest BCUT2D eigenvalue weighted by Crippen LogP contribution is 2.36. The fourth-order valence-electron chi connectivity index (χ4n) is 5.64. The van der Waals surface area contributed by atoms with Crippen LogP contribution in [0, 0.1) is 5.92 Å². The maximum absolute atomic E-state index is 6.32. The summed E-state index contributed by atoms with van der Waals surface area (Å²) in [7, 11) is 2.24. The van der Waals surface area contributed by atoms with Crippen molar-refractivity contribution >= 4 is 41.5 Å². The fraction of sp³-hybridized carbons (Fsp3) is 0.708. The van der Waals surface area contributed by atoms with Crippen molar-refractivity contribution in [3.63, 3.8) is 0 Å². The van der Waals surface area contributed by atoms with E-state index < -0.39 is 0 Å². The quantitative estimate of drug-likeness (QED) is 0.328. The van der Waals surface area contributed by atoms with Crippen LogP contribution in [0.1, 0.15) is 50.6 Å². The number of rotatable bonds is 5. The van der Waals surface area contributed by atoms with E-state index in [0.29, 0.717) is 18.0 Å². The van der Waals surface area contributed by atoms with Gasteiger partial charge in [-0.25, -0.2) is 0 Å². The van der Waals surface area contributed by atoms with Crippen LogP contribution in [0.3, 0.4) is 0 Å². The summed E-state index contributed by atoms with van der Waals surface area (Å²) in [5.74, 6) is 1.63. The molecule has 1 aromatic rings. The van der Waals surface area contributed by atoms with Crippen LogP contribution in [0.4, 0.5) is 0 Å². The third-order valence-electron chi connectivity index (χ3n) is 7.13. The Morgan fingerprint density at radius 2 is 1.94 bits per heavy atom. The van der Waals surface area contributed by atoms with Gasteiger partial charge in [0.1, 0.15) is 0 Å². The summed E-state index contributed by atoms with van der Waals surface area (Å²) in [6.07, 6.45) is 6.46. The van der Waals surface area contributed by atoms with E-state index in [4.69, 9.17) is 16.6 Å². The molecule has 3 fully saturated rings. The van der Waals surface area contributed by atoms with Gasteiger partial charge in [-0.15, -0.1) is 24.0 Å². The van der Waals surface area contributed by atoms with Crippen LogP contribution < -0.4 is 5.32 Å². The zero-order chi connectivity index (χ0) is 20.9. The van der Waals surface area contributed by atoms with E-state index in [2.05, 4.69) is 52.2 Å². The number of likely N-dealkylation sites (tertiary alicyclic amines) is 3. The molecular formula is C24H39ClIN5. The van der Waals surface area contributed by atoms with E-state index >= 15 is 0 Å². The van der Waals surface area contributed by atoms with Crippen molar-refractivity contribution in [1.82, 2.24) is 20.0 Å². The van der Waals surface area contributed by atoms with Gasteiger partial charge in [0.15, 0.2) is 5.96 Å². The lowest BCUT2D eigenvalue weighted by molar-refractivity contribution is 0.125. The predicted molar refractivity (Wildman–Crippen MR) is 142 cm³/mol. The molecule has 0 aliphatic carbocycles. The van der Waals surface area contributed by atoms with Crippen molar-refractivity contribution < 1.29 is 0 Å². The number of hydrogen-bond donors (Lipinski definition) is 1. The summed E-state index contributed by atoms with van der Waals surface area (Å²) in [5, 5.41) is 4.40. The third-order valence-corrected chi connectivity index (χ3v) is 7.36. The number of hydrogen-bond acceptors (Lipinski definition) is 3. The van der Waals surface area contributed by atoms with Gasteiger partial charge < -0.3 is 10.2 Å². The molecule has 3 saturated heterocycles. The average molecular weight is 560 g/mol. The second-order valence-corrected chi connectivity index (χ2v) is 9.65. The molecule has 3 aliphatic rings. The molecule has 0 saturated carbocycles. The van der Waals surface area contributed by atoms with E-state index in [9.17, 15) is 0 Å². The molecule has 7 heteroatoms. The van der Waals surface area contributed by atoms with Gasteiger partial charge in [0.2, 0.25) is 0 Å². The number of aliphatic imine (C=N–C) groups is 1. The highest BCUT2D eigenvalue weighted by atomic mass is 127. The molecule has 3 unspecified atom stereocenters. The largest absolute Gasteiger partial charge is 0.357 e. The van der Waals surface area contributed by atoms with Gasteiger partial charge in [0.25, 0.3) is 0 Å². The van der Waals surface area contributed by atoms with Crippen molar-refractivity contribution in [2.45, 2.75) is 51.1 Å². The Labute approximate surface area is 210 Å². The normalized spacial score (nSPS) is 28.0. The number of halogens is 2. The summed E-state index contributed by atoms with van der Waals surface area (Å²) >= 11 is 6.32. The fourth-order valence-corrected chi connectivity index (χ4v) is 5.84. The van der Waals surface area contributed by atoms with Gasteiger partial charge in [0, 0.05) is 43.3 Å². The topological polar surface area (TPSA) is 34.1 Å². The van der Waals surface area contributed by atoms with E-state index in [1.54, 1.807) is 0 Å². The molecule has 0 amide bonds. The van der Waals surface area contributed by atoms with Crippen LogP contribution in [-0.2, 0) is 0 Å². The van der Waals surface area contributed by atoms with Crippen LogP contribution >= 0.6 is 35.6 Å². The molecule has 0 aromatic heterocycles. The summed E-state index contributed by atoms with van der Waals surface area (Å²) in [6, 6.07) is 9.50. The molecule has 0 radical (unpaired) electrons. The molecule has 1 N–H and O–H groups in total. The van der Waals surface area contributed by atoms with Crippen molar-refractivity contribution in [2.24, 2.45) is 10.9 Å². The van der Waals surface area contributed by atoms with Crippen molar-refractivity contribution in [1.29, 1.82) is 0 Å². The van der Waals surface area contributed by atoms with Gasteiger partial charge in [-0.2, -0.15) is 0 Å². The van der Waals surface area contributed by atoms with Crippen molar-refractivity contribution in [2.75, 3.05) is 52.9 Å². The summed E-state index contributed by atoms with van der Waals surface area (Å²) in [4.78, 5) is 12.8. The first-order chi connectivity index (χ1) is 14.7. The lowest BCUT2D eigenvalue weighted by Gasteiger charge is -2.39. The number of nitrogens with zero attached hydrogens (tertiary/aromatic N) is 4. The van der Waals surface area contributed by atoms with Crippen LogP contribution in [0.25, 0.3) is 0 Å². The lowest BCUT2D eigenvalue weighted by atomic mass is 9.85. The molecule has 5 nitrogen and oxygen atoms in total. The monoisotopic (exact) mass is 559 g/mol. The van der Waals surface area contributed by atoms with E-state index in [0.717, 1.165) is 43.7 Å². The summed E-state index contributed by atoms with van der Waals surface area (Å²) in [6.45, 7) is 9.90. The molecule has 0 spiro atoms. The Kier molecular flexibility index (Phi) is 9.74. The second-order valence-electron chi connectivity index (χ2n) is 9.21. The Morgan fingerprint density at radius 1 is 1.13 bits per heavy atom. The highest BCUT2D eigenvalue weighted by Gasteiger charge is 2.33. The molecule has 31 heavy (non-hydrogen) atoms. The van der Waals surface area contributed by atoms with E-state index in [-0.39, 0.29) is 24.0 Å². The summed E-state index contributed by atoms with van der Waals surface area (Å²) in [5.41, 5.74) is 1.32. The standard InChI is InChI=1S/C24H38ClN5.HI/c1-3-26-24(30-15-11-22(18-30)29-13-4-5-14-29)27-17-20-9-7-12-28(2)23(20)19-8-6-10-21(25)16-19;/h6,8,10,16,20,22-23H,3-5,7,9,11-15,17-18H2,1-2H3,(H,26,27);1H. The predicted octanol–water partition coefficient (Wildman–Crippen LogP) is 4.48.